The van der Waals surface area contributed by atoms with Crippen LogP contribution in [-0.2, 0) is 29.0 Å². The molecule has 2 aliphatic heterocycles. The Balaban J connectivity index is 1.20. The Bertz CT molecular complexity index is 1030. The number of anilines is 2. The lowest BCUT2D eigenvalue weighted by molar-refractivity contribution is -0.133. The Morgan fingerprint density at radius 2 is 1.97 bits per heavy atom. The predicted octanol–water partition coefficient (Wildman–Crippen LogP) is 3.77. The predicted molar refractivity (Wildman–Crippen MR) is 125 cm³/mol. The number of carbonyl (C=O) groups excluding carboxylic acids is 2. The monoisotopic (exact) mass is 433 g/mol. The van der Waals surface area contributed by atoms with E-state index in [4.69, 9.17) is 4.74 Å². The van der Waals surface area contributed by atoms with E-state index in [1.807, 2.05) is 23.1 Å². The van der Waals surface area contributed by atoms with E-state index >= 15 is 0 Å². The number of nitrogens with zero attached hydrogens (tertiary/aromatic N) is 2. The Hall–Kier alpha value is -3.02. The third-order valence-electron chi connectivity index (χ3n) is 6.70. The van der Waals surface area contributed by atoms with Gasteiger partial charge in [-0.2, -0.15) is 0 Å². The molecular formula is C26H31N3O3. The van der Waals surface area contributed by atoms with Gasteiger partial charge in [0.15, 0.2) is 0 Å². The molecule has 5 rings (SSSR count). The normalized spacial score (nSPS) is 17.7. The molecule has 1 fully saturated rings. The first kappa shape index (κ1) is 20.9. The fraction of sp³-hybridized carbons (Fsp3) is 0.462. The van der Waals surface area contributed by atoms with Crippen molar-refractivity contribution in [1.29, 1.82) is 0 Å². The summed E-state index contributed by atoms with van der Waals surface area (Å²) < 4.78 is 5.87. The Labute approximate surface area is 189 Å². The molecule has 0 aromatic heterocycles. The van der Waals surface area contributed by atoms with Crippen molar-refractivity contribution in [2.45, 2.75) is 45.1 Å². The first-order valence-electron chi connectivity index (χ1n) is 11.7. The molecule has 6 heteroatoms. The van der Waals surface area contributed by atoms with Crippen LogP contribution < -0.4 is 15.0 Å². The van der Waals surface area contributed by atoms with Crippen LogP contribution in [0.3, 0.4) is 0 Å². The highest BCUT2D eigenvalue weighted by Gasteiger charge is 2.34. The fourth-order valence-corrected chi connectivity index (χ4v) is 4.70. The van der Waals surface area contributed by atoms with E-state index in [0.717, 1.165) is 48.4 Å². The summed E-state index contributed by atoms with van der Waals surface area (Å²) in [5.41, 5.74) is 5.54. The summed E-state index contributed by atoms with van der Waals surface area (Å²) >= 11 is 0. The minimum Gasteiger partial charge on any atom is -0.491 e. The summed E-state index contributed by atoms with van der Waals surface area (Å²) in [6.07, 6.45) is 5.36. The molecule has 0 atom stereocenters. The molecule has 0 unspecified atom stereocenters. The van der Waals surface area contributed by atoms with E-state index < -0.39 is 0 Å². The summed E-state index contributed by atoms with van der Waals surface area (Å²) in [6, 6.07) is 12.3. The first-order chi connectivity index (χ1) is 15.6. The quantitative estimate of drug-likeness (QED) is 0.780. The van der Waals surface area contributed by atoms with Gasteiger partial charge < -0.3 is 19.9 Å². The Morgan fingerprint density at radius 1 is 1.09 bits per heavy atom. The molecule has 1 N–H and O–H groups in total. The molecule has 6 nitrogen and oxygen atoms in total. The second kappa shape index (κ2) is 8.85. The molecule has 0 bridgehead atoms. The van der Waals surface area contributed by atoms with Crippen LogP contribution in [0, 0.1) is 5.92 Å². The van der Waals surface area contributed by atoms with Crippen molar-refractivity contribution in [2.24, 2.45) is 5.92 Å². The zero-order valence-corrected chi connectivity index (χ0v) is 18.7. The maximum Gasteiger partial charge on any atom is 0.226 e. The largest absolute Gasteiger partial charge is 0.491 e. The second-order valence-electron chi connectivity index (χ2n) is 9.24. The summed E-state index contributed by atoms with van der Waals surface area (Å²) in [7, 11) is 2.10. The number of aryl methyl sites for hydroxylation is 2. The molecule has 2 aromatic rings. The maximum atomic E-state index is 12.6. The SMILES string of the molecule is CN1CCCc2ccc(NC(=O)CCc3ccc4c(c3)CN(C(=O)C3CC3)CCO4)cc21. The van der Waals surface area contributed by atoms with Crippen molar-refractivity contribution in [3.05, 3.63) is 53.1 Å². The van der Waals surface area contributed by atoms with Crippen molar-refractivity contribution in [2.75, 3.05) is 37.0 Å². The first-order valence-corrected chi connectivity index (χ1v) is 11.7. The van der Waals surface area contributed by atoms with Crippen molar-refractivity contribution in [3.63, 3.8) is 0 Å². The molecule has 168 valence electrons. The lowest BCUT2D eigenvalue weighted by atomic mass is 10.0. The van der Waals surface area contributed by atoms with Crippen LogP contribution in [0.25, 0.3) is 0 Å². The van der Waals surface area contributed by atoms with E-state index in [9.17, 15) is 9.59 Å². The number of ether oxygens (including phenoxy) is 1. The van der Waals surface area contributed by atoms with Crippen LogP contribution in [0.4, 0.5) is 11.4 Å². The third-order valence-corrected chi connectivity index (χ3v) is 6.70. The average molecular weight is 434 g/mol. The molecule has 2 amide bonds. The molecule has 1 saturated carbocycles. The smallest absolute Gasteiger partial charge is 0.226 e. The summed E-state index contributed by atoms with van der Waals surface area (Å²) in [5, 5.41) is 3.05. The highest BCUT2D eigenvalue weighted by atomic mass is 16.5. The van der Waals surface area contributed by atoms with Gasteiger partial charge in [-0.05, 0) is 61.4 Å². The zero-order chi connectivity index (χ0) is 22.1. The van der Waals surface area contributed by atoms with Crippen LogP contribution in [0.15, 0.2) is 36.4 Å². The van der Waals surface area contributed by atoms with Gasteiger partial charge in [0.25, 0.3) is 0 Å². The standard InChI is InChI=1S/C26H31N3O3/c1-28-12-2-3-19-8-9-22(16-23(19)28)27-25(30)11-5-18-4-10-24-21(15-18)17-29(13-14-32-24)26(31)20-6-7-20/h4,8-10,15-16,20H,2-3,5-7,11-14,17H2,1H3,(H,27,30). The van der Waals surface area contributed by atoms with Gasteiger partial charge in [-0.3, -0.25) is 9.59 Å². The molecule has 32 heavy (non-hydrogen) atoms. The molecule has 0 saturated heterocycles. The van der Waals surface area contributed by atoms with Crippen molar-refractivity contribution in [1.82, 2.24) is 4.90 Å². The van der Waals surface area contributed by atoms with Gasteiger partial charge in [0.2, 0.25) is 11.8 Å². The van der Waals surface area contributed by atoms with Crippen LogP contribution in [-0.4, -0.2) is 43.5 Å². The number of fused-ring (bicyclic) bond motifs is 2. The summed E-state index contributed by atoms with van der Waals surface area (Å²) in [6.45, 7) is 2.81. The highest BCUT2D eigenvalue weighted by Crippen LogP contribution is 2.33. The van der Waals surface area contributed by atoms with E-state index in [-0.39, 0.29) is 17.7 Å². The molecule has 1 aliphatic carbocycles. The summed E-state index contributed by atoms with van der Waals surface area (Å²) in [4.78, 5) is 29.3. The average Bonchev–Trinajstić information content (AvgIpc) is 3.64. The zero-order valence-electron chi connectivity index (χ0n) is 18.7. The van der Waals surface area contributed by atoms with Gasteiger partial charge >= 0.3 is 0 Å². The van der Waals surface area contributed by atoms with Crippen LogP contribution in [0.1, 0.15) is 42.4 Å². The molecule has 2 aromatic carbocycles. The fourth-order valence-electron chi connectivity index (χ4n) is 4.70. The van der Waals surface area contributed by atoms with Gasteiger partial charge in [-0.25, -0.2) is 0 Å². The van der Waals surface area contributed by atoms with E-state index in [2.05, 4.69) is 35.5 Å². The minimum absolute atomic E-state index is 0.0140. The van der Waals surface area contributed by atoms with E-state index in [0.29, 0.717) is 32.5 Å². The number of benzene rings is 2. The van der Waals surface area contributed by atoms with Crippen molar-refractivity contribution < 1.29 is 14.3 Å². The number of rotatable bonds is 5. The molecular weight excluding hydrogens is 402 g/mol. The van der Waals surface area contributed by atoms with Gasteiger partial charge in [0.05, 0.1) is 6.54 Å². The van der Waals surface area contributed by atoms with E-state index in [1.165, 1.54) is 17.7 Å². The van der Waals surface area contributed by atoms with Gasteiger partial charge in [0.1, 0.15) is 12.4 Å². The lowest BCUT2D eigenvalue weighted by Gasteiger charge is -2.28. The topological polar surface area (TPSA) is 61.9 Å². The van der Waals surface area contributed by atoms with Gasteiger partial charge in [0, 0.05) is 49.4 Å². The Morgan fingerprint density at radius 3 is 2.81 bits per heavy atom. The van der Waals surface area contributed by atoms with Crippen molar-refractivity contribution in [3.8, 4) is 5.75 Å². The minimum atomic E-state index is 0.0140. The molecule has 0 radical (unpaired) electrons. The second-order valence-corrected chi connectivity index (χ2v) is 9.24. The number of nitrogens with one attached hydrogen (secondary N) is 1. The highest BCUT2D eigenvalue weighted by molar-refractivity contribution is 5.91. The molecule has 2 heterocycles. The molecule has 3 aliphatic rings. The van der Waals surface area contributed by atoms with Crippen molar-refractivity contribution >= 4 is 23.2 Å². The Kier molecular flexibility index (Phi) is 5.77. The van der Waals surface area contributed by atoms with Crippen LogP contribution >= 0.6 is 0 Å². The van der Waals surface area contributed by atoms with Crippen LogP contribution in [0.5, 0.6) is 5.75 Å². The number of hydrogen-bond acceptors (Lipinski definition) is 4. The summed E-state index contributed by atoms with van der Waals surface area (Å²) in [5.74, 6) is 1.33. The van der Waals surface area contributed by atoms with Gasteiger partial charge in [-0.1, -0.05) is 18.2 Å². The third kappa shape index (κ3) is 4.59. The number of carbonyl (C=O) groups is 2. The maximum absolute atomic E-state index is 12.6. The number of hydrogen-bond donors (Lipinski definition) is 1. The molecule has 0 spiro atoms. The van der Waals surface area contributed by atoms with Crippen LogP contribution in [0.2, 0.25) is 0 Å². The number of amides is 2. The lowest BCUT2D eigenvalue weighted by Crippen LogP contribution is -2.33. The van der Waals surface area contributed by atoms with E-state index in [1.54, 1.807) is 0 Å². The van der Waals surface area contributed by atoms with Gasteiger partial charge in [-0.15, -0.1) is 0 Å².